The number of aryl methyl sites for hydroxylation is 2. The Morgan fingerprint density at radius 1 is 0.973 bits per heavy atom. The maximum Gasteiger partial charge on any atom is 0.289 e. The molecule has 0 saturated carbocycles. The van der Waals surface area contributed by atoms with Gasteiger partial charge in [0.2, 0.25) is 5.82 Å². The predicted molar refractivity (Wildman–Crippen MR) is 144 cm³/mol. The summed E-state index contributed by atoms with van der Waals surface area (Å²) in [6, 6.07) is 16.8. The quantitative estimate of drug-likeness (QED) is 0.242. The highest BCUT2D eigenvalue weighted by atomic mass is 35.5. The van der Waals surface area contributed by atoms with Gasteiger partial charge in [-0.1, -0.05) is 46.6 Å². The predicted octanol–water partition coefficient (Wildman–Crippen LogP) is 6.15. The molecule has 0 spiro atoms. The van der Waals surface area contributed by atoms with E-state index in [0.29, 0.717) is 28.1 Å². The Bertz CT molecular complexity index is 1600. The molecule has 0 fully saturated rings. The third-order valence-electron chi connectivity index (χ3n) is 5.81. The normalized spacial score (nSPS) is 11.0. The number of nitrogens with one attached hydrogen (secondary N) is 2. The van der Waals surface area contributed by atoms with Gasteiger partial charge in [0, 0.05) is 35.3 Å². The van der Waals surface area contributed by atoms with E-state index < -0.39 is 5.91 Å². The van der Waals surface area contributed by atoms with Crippen molar-refractivity contribution in [1.29, 1.82) is 0 Å². The lowest BCUT2D eigenvalue weighted by Crippen LogP contribution is -2.25. The zero-order valence-corrected chi connectivity index (χ0v) is 21.6. The highest BCUT2D eigenvalue weighted by molar-refractivity contribution is 6.30. The van der Waals surface area contributed by atoms with Gasteiger partial charge in [0.05, 0.1) is 11.2 Å². The van der Waals surface area contributed by atoms with Gasteiger partial charge >= 0.3 is 0 Å². The fraction of sp³-hybridized carbons (Fsp3) is 0.148. The number of aromatic nitrogens is 4. The number of pyridine rings is 1. The summed E-state index contributed by atoms with van der Waals surface area (Å²) in [7, 11) is 0. The van der Waals surface area contributed by atoms with Crippen molar-refractivity contribution in [3.05, 3.63) is 99.4 Å². The van der Waals surface area contributed by atoms with Crippen molar-refractivity contribution in [3.8, 4) is 11.1 Å². The number of halogens is 2. The number of fused-ring (bicyclic) bond motifs is 1. The molecular weight excluding hydrogens is 511 g/mol. The number of amides is 1. The van der Waals surface area contributed by atoms with Crippen LogP contribution < -0.4 is 10.6 Å². The molecule has 2 N–H and O–H groups in total. The van der Waals surface area contributed by atoms with E-state index >= 15 is 0 Å². The van der Waals surface area contributed by atoms with Crippen LogP contribution in [0.2, 0.25) is 10.2 Å². The Balaban J connectivity index is 1.50. The van der Waals surface area contributed by atoms with Crippen LogP contribution in [0.3, 0.4) is 0 Å². The van der Waals surface area contributed by atoms with Crippen molar-refractivity contribution in [1.82, 2.24) is 25.4 Å². The lowest BCUT2D eigenvalue weighted by Gasteiger charge is -2.13. The molecule has 2 aromatic carbocycles. The molecule has 8 nitrogen and oxygen atoms in total. The standard InChI is InChI=1S/C27H22Cl2N6O2/c1-15-24(16(2)37-35-15)19-6-7-22-21(12-19)25(31-13-17-4-3-5-20(28)10-17)34-26(33-22)27(36)32-14-18-8-9-30-23(29)11-18/h3-12H,13-14H2,1-2H3,(H,32,36)(H,31,33,34). The summed E-state index contributed by atoms with van der Waals surface area (Å²) in [6.45, 7) is 4.49. The number of nitrogens with zero attached hydrogens (tertiary/aromatic N) is 4. The van der Waals surface area contributed by atoms with Gasteiger partial charge in [-0.2, -0.15) is 0 Å². The highest BCUT2D eigenvalue weighted by Crippen LogP contribution is 2.31. The number of hydrogen-bond acceptors (Lipinski definition) is 7. The van der Waals surface area contributed by atoms with Crippen LogP contribution >= 0.6 is 23.2 Å². The molecule has 0 radical (unpaired) electrons. The Hall–Kier alpha value is -4.01. The molecule has 0 unspecified atom stereocenters. The first-order chi connectivity index (χ1) is 17.9. The second kappa shape index (κ2) is 10.5. The van der Waals surface area contributed by atoms with Crippen LogP contribution in [-0.2, 0) is 13.1 Å². The molecule has 5 rings (SSSR count). The zero-order valence-electron chi connectivity index (χ0n) is 20.0. The number of carbonyl (C=O) groups excluding carboxylic acids is 1. The Labute approximate surface area is 223 Å². The van der Waals surface area contributed by atoms with Gasteiger partial charge in [0.1, 0.15) is 16.7 Å². The van der Waals surface area contributed by atoms with Crippen molar-refractivity contribution in [3.63, 3.8) is 0 Å². The summed E-state index contributed by atoms with van der Waals surface area (Å²) in [5.74, 6) is 0.885. The topological polar surface area (TPSA) is 106 Å². The second-order valence-corrected chi connectivity index (χ2v) is 9.30. The first kappa shape index (κ1) is 24.7. The number of carbonyl (C=O) groups is 1. The molecule has 0 aliphatic rings. The Morgan fingerprint density at radius 3 is 2.57 bits per heavy atom. The van der Waals surface area contributed by atoms with Gasteiger partial charge < -0.3 is 15.2 Å². The molecule has 186 valence electrons. The second-order valence-electron chi connectivity index (χ2n) is 8.48. The molecule has 10 heteroatoms. The van der Waals surface area contributed by atoms with Gasteiger partial charge in [-0.3, -0.25) is 4.79 Å². The van der Waals surface area contributed by atoms with Gasteiger partial charge in [-0.15, -0.1) is 0 Å². The number of benzene rings is 2. The van der Waals surface area contributed by atoms with Crippen molar-refractivity contribution in [2.45, 2.75) is 26.9 Å². The summed E-state index contributed by atoms with van der Waals surface area (Å²) in [4.78, 5) is 26.1. The van der Waals surface area contributed by atoms with E-state index in [1.807, 2.05) is 56.3 Å². The van der Waals surface area contributed by atoms with E-state index in [4.69, 9.17) is 27.7 Å². The lowest BCUT2D eigenvalue weighted by atomic mass is 10.0. The van der Waals surface area contributed by atoms with Crippen LogP contribution in [0.5, 0.6) is 0 Å². The molecule has 0 bridgehead atoms. The summed E-state index contributed by atoms with van der Waals surface area (Å²) in [6.07, 6.45) is 1.59. The molecule has 0 aliphatic heterocycles. The smallest absolute Gasteiger partial charge is 0.289 e. The minimum Gasteiger partial charge on any atom is -0.365 e. The first-order valence-electron chi connectivity index (χ1n) is 11.5. The van der Waals surface area contributed by atoms with Gasteiger partial charge in [-0.25, -0.2) is 15.0 Å². The molecule has 37 heavy (non-hydrogen) atoms. The van der Waals surface area contributed by atoms with Gasteiger partial charge in [-0.05, 0) is 66.9 Å². The summed E-state index contributed by atoms with van der Waals surface area (Å²) in [5, 5.41) is 12.0. The summed E-state index contributed by atoms with van der Waals surface area (Å²) >= 11 is 12.1. The minimum absolute atomic E-state index is 0.0475. The maximum absolute atomic E-state index is 13.0. The van der Waals surface area contributed by atoms with Gasteiger partial charge in [0.15, 0.2) is 0 Å². The molecule has 0 aliphatic carbocycles. The number of hydrogen-bond donors (Lipinski definition) is 2. The Morgan fingerprint density at radius 2 is 1.81 bits per heavy atom. The lowest BCUT2D eigenvalue weighted by molar-refractivity contribution is 0.0941. The molecule has 3 aromatic heterocycles. The third kappa shape index (κ3) is 5.55. The fourth-order valence-corrected chi connectivity index (χ4v) is 4.47. The third-order valence-corrected chi connectivity index (χ3v) is 6.26. The van der Waals surface area contributed by atoms with E-state index in [0.717, 1.165) is 39.1 Å². The molecule has 3 heterocycles. The largest absolute Gasteiger partial charge is 0.365 e. The number of rotatable bonds is 7. The van der Waals surface area contributed by atoms with Crippen LogP contribution in [-0.4, -0.2) is 26.0 Å². The monoisotopic (exact) mass is 532 g/mol. The van der Waals surface area contributed by atoms with Crippen molar-refractivity contribution in [2.75, 3.05) is 5.32 Å². The molecule has 0 atom stereocenters. The van der Waals surface area contributed by atoms with Crippen LogP contribution in [0, 0.1) is 13.8 Å². The van der Waals surface area contributed by atoms with Crippen LogP contribution in [0.15, 0.2) is 65.3 Å². The van der Waals surface area contributed by atoms with E-state index in [-0.39, 0.29) is 12.4 Å². The van der Waals surface area contributed by atoms with E-state index in [1.54, 1.807) is 18.3 Å². The zero-order chi connectivity index (χ0) is 25.9. The average molecular weight is 533 g/mol. The van der Waals surface area contributed by atoms with Crippen LogP contribution in [0.4, 0.5) is 5.82 Å². The van der Waals surface area contributed by atoms with Crippen molar-refractivity contribution in [2.24, 2.45) is 0 Å². The minimum atomic E-state index is -0.407. The van der Waals surface area contributed by atoms with Crippen molar-refractivity contribution < 1.29 is 9.32 Å². The SMILES string of the molecule is Cc1noc(C)c1-c1ccc2nc(C(=O)NCc3ccnc(Cl)c3)nc(NCc3cccc(Cl)c3)c2c1. The van der Waals surface area contributed by atoms with E-state index in [1.165, 1.54) is 0 Å². The average Bonchev–Trinajstić information content (AvgIpc) is 3.23. The Kier molecular flexibility index (Phi) is 7.03. The van der Waals surface area contributed by atoms with Gasteiger partial charge in [0.25, 0.3) is 5.91 Å². The summed E-state index contributed by atoms with van der Waals surface area (Å²) < 4.78 is 5.36. The first-order valence-corrected chi connectivity index (χ1v) is 12.2. The molecular formula is C27H22Cl2N6O2. The maximum atomic E-state index is 13.0. The summed E-state index contributed by atoms with van der Waals surface area (Å²) in [5.41, 5.74) is 5.04. The molecule has 1 amide bonds. The number of anilines is 1. The highest BCUT2D eigenvalue weighted by Gasteiger charge is 2.17. The van der Waals surface area contributed by atoms with Crippen molar-refractivity contribution >= 4 is 45.8 Å². The van der Waals surface area contributed by atoms with Crippen LogP contribution in [0.1, 0.15) is 33.2 Å². The molecule has 5 aromatic rings. The van der Waals surface area contributed by atoms with Crippen LogP contribution in [0.25, 0.3) is 22.0 Å². The van der Waals surface area contributed by atoms with E-state index in [2.05, 4.69) is 30.7 Å². The molecule has 0 saturated heterocycles. The van der Waals surface area contributed by atoms with E-state index in [9.17, 15) is 4.79 Å². The fourth-order valence-electron chi connectivity index (χ4n) is 4.06.